The van der Waals surface area contributed by atoms with Gasteiger partial charge in [0.2, 0.25) is 0 Å². The lowest BCUT2D eigenvalue weighted by molar-refractivity contribution is 0.308. The number of oxime groups is 1. The van der Waals surface area contributed by atoms with Gasteiger partial charge < -0.3 is 5.21 Å². The Morgan fingerprint density at radius 2 is 2.30 bits per heavy atom. The molecule has 0 unspecified atom stereocenters. The summed E-state index contributed by atoms with van der Waals surface area (Å²) in [7, 11) is 0. The van der Waals surface area contributed by atoms with Crippen LogP contribution in [0, 0.1) is 16.7 Å². The van der Waals surface area contributed by atoms with Gasteiger partial charge in [-0.1, -0.05) is 5.16 Å². The number of nitrogens with zero attached hydrogens (tertiary/aromatic N) is 2. The fraction of sp³-hybridized carbons (Fsp3) is 0.667. The summed E-state index contributed by atoms with van der Waals surface area (Å²) in [5.41, 5.74) is -1.15. The Morgan fingerprint density at radius 3 is 2.40 bits per heavy atom. The summed E-state index contributed by atoms with van der Waals surface area (Å²) in [6, 6.07) is 1.81. The van der Waals surface area contributed by atoms with E-state index in [0.717, 1.165) is 0 Å². The largest absolute Gasteiger partial charge is 0.411 e. The SMILES string of the molecule is CC(C)(C#N)/C(CF)=N\O. The Bertz CT molecular complexity index is 181. The molecule has 0 saturated carbocycles. The van der Waals surface area contributed by atoms with E-state index >= 15 is 0 Å². The molecule has 0 saturated heterocycles. The van der Waals surface area contributed by atoms with E-state index < -0.39 is 12.1 Å². The molecule has 0 aromatic rings. The number of hydrogen-bond donors (Lipinski definition) is 1. The summed E-state index contributed by atoms with van der Waals surface area (Å²) in [6.07, 6.45) is 0. The van der Waals surface area contributed by atoms with Crippen molar-refractivity contribution in [1.82, 2.24) is 0 Å². The summed E-state index contributed by atoms with van der Waals surface area (Å²) >= 11 is 0. The molecule has 0 aliphatic carbocycles. The van der Waals surface area contributed by atoms with Crippen LogP contribution in [0.4, 0.5) is 4.39 Å². The lowest BCUT2D eigenvalue weighted by Crippen LogP contribution is -2.23. The van der Waals surface area contributed by atoms with E-state index in [4.69, 9.17) is 10.5 Å². The third-order valence-corrected chi connectivity index (χ3v) is 1.25. The Hall–Kier alpha value is -1.11. The van der Waals surface area contributed by atoms with Crippen LogP contribution >= 0.6 is 0 Å². The van der Waals surface area contributed by atoms with Crippen molar-refractivity contribution < 1.29 is 9.60 Å². The van der Waals surface area contributed by atoms with Crippen molar-refractivity contribution in [2.45, 2.75) is 13.8 Å². The van der Waals surface area contributed by atoms with Gasteiger partial charge >= 0.3 is 0 Å². The molecule has 0 aromatic carbocycles. The summed E-state index contributed by atoms with van der Waals surface area (Å²) in [4.78, 5) is 0. The van der Waals surface area contributed by atoms with Gasteiger partial charge in [-0.3, -0.25) is 0 Å². The molecule has 0 aliphatic rings. The molecule has 0 aromatic heterocycles. The van der Waals surface area contributed by atoms with Crippen LogP contribution in [-0.4, -0.2) is 17.6 Å². The number of alkyl halides is 1. The first-order valence-electron chi connectivity index (χ1n) is 2.77. The summed E-state index contributed by atoms with van der Waals surface area (Å²) in [5.74, 6) is 0. The third kappa shape index (κ3) is 1.69. The van der Waals surface area contributed by atoms with Crippen molar-refractivity contribution in [3.8, 4) is 6.07 Å². The molecule has 0 spiro atoms. The maximum atomic E-state index is 11.9. The molecular weight excluding hydrogens is 135 g/mol. The fourth-order valence-electron chi connectivity index (χ4n) is 0.383. The average Bonchev–Trinajstić information content (AvgIpc) is 1.90. The maximum Gasteiger partial charge on any atom is 0.132 e. The molecule has 1 N–H and O–H groups in total. The predicted octanol–water partition coefficient (Wildman–Crippen LogP) is 1.34. The molecule has 0 atom stereocenters. The van der Waals surface area contributed by atoms with Crippen LogP contribution in [0.25, 0.3) is 0 Å². The smallest absolute Gasteiger partial charge is 0.132 e. The molecule has 10 heavy (non-hydrogen) atoms. The van der Waals surface area contributed by atoms with Crippen LogP contribution in [0.5, 0.6) is 0 Å². The van der Waals surface area contributed by atoms with E-state index in [1.54, 1.807) is 0 Å². The van der Waals surface area contributed by atoms with E-state index in [2.05, 4.69) is 5.16 Å². The van der Waals surface area contributed by atoms with Crippen LogP contribution < -0.4 is 0 Å². The molecule has 4 heteroatoms. The molecule has 3 nitrogen and oxygen atoms in total. The highest BCUT2D eigenvalue weighted by molar-refractivity contribution is 5.92. The van der Waals surface area contributed by atoms with E-state index in [9.17, 15) is 4.39 Å². The molecule has 0 fully saturated rings. The third-order valence-electron chi connectivity index (χ3n) is 1.25. The first-order chi connectivity index (χ1) is 4.58. The van der Waals surface area contributed by atoms with Gasteiger partial charge in [0, 0.05) is 0 Å². The lowest BCUT2D eigenvalue weighted by atomic mass is 9.90. The van der Waals surface area contributed by atoms with Crippen molar-refractivity contribution in [3.05, 3.63) is 0 Å². The van der Waals surface area contributed by atoms with E-state index in [-0.39, 0.29) is 5.71 Å². The zero-order chi connectivity index (χ0) is 8.20. The van der Waals surface area contributed by atoms with Crippen molar-refractivity contribution in [2.75, 3.05) is 6.67 Å². The monoisotopic (exact) mass is 144 g/mol. The van der Waals surface area contributed by atoms with Gasteiger partial charge in [0.1, 0.15) is 12.4 Å². The average molecular weight is 144 g/mol. The van der Waals surface area contributed by atoms with E-state index in [1.807, 2.05) is 6.07 Å². The summed E-state index contributed by atoms with van der Waals surface area (Å²) in [5, 5.41) is 19.3. The zero-order valence-corrected chi connectivity index (χ0v) is 5.93. The first-order valence-corrected chi connectivity index (χ1v) is 2.77. The minimum Gasteiger partial charge on any atom is -0.411 e. The van der Waals surface area contributed by atoms with Crippen molar-refractivity contribution >= 4 is 5.71 Å². The van der Waals surface area contributed by atoms with Gasteiger partial charge in [-0.05, 0) is 13.8 Å². The molecule has 0 radical (unpaired) electrons. The van der Waals surface area contributed by atoms with Crippen molar-refractivity contribution in [2.24, 2.45) is 10.6 Å². The van der Waals surface area contributed by atoms with E-state index in [1.165, 1.54) is 13.8 Å². The normalized spacial score (nSPS) is 12.8. The Balaban J connectivity index is 4.48. The Labute approximate surface area is 58.8 Å². The van der Waals surface area contributed by atoms with Crippen LogP contribution in [0.3, 0.4) is 0 Å². The van der Waals surface area contributed by atoms with Gasteiger partial charge in [-0.25, -0.2) is 4.39 Å². The first kappa shape index (κ1) is 8.89. The van der Waals surface area contributed by atoms with Gasteiger partial charge in [-0.15, -0.1) is 0 Å². The Morgan fingerprint density at radius 1 is 1.80 bits per heavy atom. The number of nitriles is 1. The second-order valence-electron chi connectivity index (χ2n) is 2.42. The van der Waals surface area contributed by atoms with Gasteiger partial charge in [0.15, 0.2) is 0 Å². The van der Waals surface area contributed by atoms with Gasteiger partial charge in [-0.2, -0.15) is 5.26 Å². The van der Waals surface area contributed by atoms with Crippen LogP contribution in [0.15, 0.2) is 5.16 Å². The highest BCUT2D eigenvalue weighted by atomic mass is 19.1. The fourth-order valence-corrected chi connectivity index (χ4v) is 0.383. The second kappa shape index (κ2) is 3.16. The topological polar surface area (TPSA) is 56.4 Å². The van der Waals surface area contributed by atoms with Crippen molar-refractivity contribution in [1.29, 1.82) is 5.26 Å². The van der Waals surface area contributed by atoms with E-state index in [0.29, 0.717) is 0 Å². The summed E-state index contributed by atoms with van der Waals surface area (Å²) < 4.78 is 11.9. The zero-order valence-electron chi connectivity index (χ0n) is 5.93. The highest BCUT2D eigenvalue weighted by Crippen LogP contribution is 2.15. The highest BCUT2D eigenvalue weighted by Gasteiger charge is 2.24. The molecule has 56 valence electrons. The quantitative estimate of drug-likeness (QED) is 0.361. The van der Waals surface area contributed by atoms with Crippen LogP contribution in [-0.2, 0) is 0 Å². The van der Waals surface area contributed by atoms with Crippen molar-refractivity contribution in [3.63, 3.8) is 0 Å². The lowest BCUT2D eigenvalue weighted by Gasteiger charge is -2.12. The molecule has 0 bridgehead atoms. The summed E-state index contributed by atoms with van der Waals surface area (Å²) in [6.45, 7) is 2.08. The minimum absolute atomic E-state index is 0.144. The number of halogens is 1. The van der Waals surface area contributed by atoms with Gasteiger partial charge in [0.25, 0.3) is 0 Å². The number of hydrogen-bond acceptors (Lipinski definition) is 3. The maximum absolute atomic E-state index is 11.9. The molecule has 0 heterocycles. The Kier molecular flexibility index (Phi) is 2.81. The van der Waals surface area contributed by atoms with Crippen LogP contribution in [0.1, 0.15) is 13.8 Å². The van der Waals surface area contributed by atoms with Crippen LogP contribution in [0.2, 0.25) is 0 Å². The molecule has 0 aliphatic heterocycles. The molecular formula is C6H9FN2O. The predicted molar refractivity (Wildman–Crippen MR) is 34.6 cm³/mol. The minimum atomic E-state index is -1.01. The molecule has 0 rings (SSSR count). The number of rotatable bonds is 2. The molecule has 0 amide bonds. The second-order valence-corrected chi connectivity index (χ2v) is 2.42. The standard InChI is InChI=1S/C6H9FN2O/c1-6(2,4-8)5(3-7)9-10/h10H,3H2,1-2H3/b9-5-. The van der Waals surface area contributed by atoms with Gasteiger partial charge in [0.05, 0.1) is 11.5 Å².